The Morgan fingerprint density at radius 2 is 1.91 bits per heavy atom. The lowest BCUT2D eigenvalue weighted by atomic mass is 9.78. The number of hydrogen-bond donors (Lipinski definition) is 0. The van der Waals surface area contributed by atoms with Crippen LogP contribution in [0.25, 0.3) is 23.2 Å². The van der Waals surface area contributed by atoms with Crippen LogP contribution in [0.15, 0.2) is 59.8 Å². The molecule has 1 spiro atoms. The second-order valence-electron chi connectivity index (χ2n) is 8.22. The van der Waals surface area contributed by atoms with E-state index in [1.165, 1.54) is 6.08 Å². The third-order valence-corrected chi connectivity index (χ3v) is 5.72. The van der Waals surface area contributed by atoms with Crippen LogP contribution in [-0.4, -0.2) is 58.4 Å². The molecule has 4 heterocycles. The molecule has 33 heavy (non-hydrogen) atoms. The molecule has 9 nitrogen and oxygen atoms in total. The number of anilines is 1. The maximum Gasteiger partial charge on any atom is 0.330 e. The van der Waals surface area contributed by atoms with Crippen LogP contribution in [0.5, 0.6) is 0 Å². The summed E-state index contributed by atoms with van der Waals surface area (Å²) in [4.78, 5) is 40.2. The molecule has 2 aliphatic heterocycles. The number of rotatable bonds is 6. The number of carbonyl (C=O) groups excluding carboxylic acids is 1. The Morgan fingerprint density at radius 3 is 2.55 bits per heavy atom. The third kappa shape index (κ3) is 4.14. The Labute approximate surface area is 190 Å². The van der Waals surface area contributed by atoms with Crippen LogP contribution < -0.4 is 10.5 Å². The number of esters is 1. The van der Waals surface area contributed by atoms with E-state index >= 15 is 0 Å². The molecule has 2 saturated heterocycles. The van der Waals surface area contributed by atoms with E-state index in [9.17, 15) is 9.59 Å². The van der Waals surface area contributed by atoms with Gasteiger partial charge in [-0.05, 0) is 43.3 Å². The molecule has 3 aromatic rings. The first-order chi connectivity index (χ1) is 16.1. The minimum atomic E-state index is -0.458. The van der Waals surface area contributed by atoms with Gasteiger partial charge in [-0.15, -0.1) is 0 Å². The molecule has 2 aliphatic rings. The first-order valence-corrected chi connectivity index (χ1v) is 10.8. The van der Waals surface area contributed by atoms with Gasteiger partial charge in [-0.25, -0.2) is 19.7 Å². The van der Waals surface area contributed by atoms with Crippen molar-refractivity contribution in [3.05, 3.63) is 71.0 Å². The van der Waals surface area contributed by atoms with E-state index in [0.29, 0.717) is 36.2 Å². The summed E-state index contributed by atoms with van der Waals surface area (Å²) < 4.78 is 11.8. The summed E-state index contributed by atoms with van der Waals surface area (Å²) in [5.41, 5.74) is 1.92. The van der Waals surface area contributed by atoms with Gasteiger partial charge in [0.05, 0.1) is 30.9 Å². The Hall–Kier alpha value is -3.85. The zero-order chi connectivity index (χ0) is 22.8. The molecule has 0 saturated carbocycles. The normalized spacial score (nSPS) is 16.5. The van der Waals surface area contributed by atoms with Crippen LogP contribution in [0.3, 0.4) is 0 Å². The van der Waals surface area contributed by atoms with Crippen molar-refractivity contribution < 1.29 is 14.3 Å². The number of nitrogens with zero attached hydrogens (tertiary/aromatic N) is 5. The van der Waals surface area contributed by atoms with Gasteiger partial charge >= 0.3 is 5.97 Å². The smallest absolute Gasteiger partial charge is 0.330 e. The van der Waals surface area contributed by atoms with Gasteiger partial charge in [0.1, 0.15) is 0 Å². The van der Waals surface area contributed by atoms with Gasteiger partial charge in [0.25, 0.3) is 5.56 Å². The quantitative estimate of drug-likeness (QED) is 0.420. The Bertz CT molecular complexity index is 1240. The van der Waals surface area contributed by atoms with Crippen molar-refractivity contribution >= 4 is 17.9 Å². The standard InChI is InChI=1S/C24H23N5O4/c1-2-33-20(30)9-6-18-12-29(19-7-4-17(5-8-19)21-25-10-3-11-26-21)23(31)22(27-18)28-13-24(14-28)15-32-16-24/h3-12H,2,13-16H2,1H3/b9-6+. The third-order valence-electron chi connectivity index (χ3n) is 5.72. The van der Waals surface area contributed by atoms with Crippen LogP contribution in [-0.2, 0) is 14.3 Å². The monoisotopic (exact) mass is 445 g/mol. The lowest BCUT2D eigenvalue weighted by Crippen LogP contribution is -2.67. The summed E-state index contributed by atoms with van der Waals surface area (Å²) in [5, 5.41) is 0. The van der Waals surface area contributed by atoms with Crippen molar-refractivity contribution in [3.63, 3.8) is 0 Å². The second kappa shape index (κ2) is 8.59. The van der Waals surface area contributed by atoms with Gasteiger partial charge in [0, 0.05) is 49.0 Å². The van der Waals surface area contributed by atoms with E-state index < -0.39 is 5.97 Å². The molecule has 2 aromatic heterocycles. The number of hydrogen-bond acceptors (Lipinski definition) is 8. The average molecular weight is 445 g/mol. The summed E-state index contributed by atoms with van der Waals surface area (Å²) in [6, 6.07) is 9.18. The van der Waals surface area contributed by atoms with E-state index in [1.807, 2.05) is 29.2 Å². The summed E-state index contributed by atoms with van der Waals surface area (Å²) in [6.45, 7) is 4.91. The van der Waals surface area contributed by atoms with E-state index in [1.54, 1.807) is 42.2 Å². The van der Waals surface area contributed by atoms with Crippen LogP contribution >= 0.6 is 0 Å². The van der Waals surface area contributed by atoms with E-state index in [0.717, 1.165) is 18.7 Å². The summed E-state index contributed by atoms with van der Waals surface area (Å²) in [7, 11) is 0. The lowest BCUT2D eigenvalue weighted by Gasteiger charge is -2.55. The van der Waals surface area contributed by atoms with Crippen molar-refractivity contribution in [2.24, 2.45) is 5.41 Å². The van der Waals surface area contributed by atoms with Crippen LogP contribution in [0, 0.1) is 5.41 Å². The number of carbonyl (C=O) groups is 1. The first kappa shape index (κ1) is 21.0. The molecule has 0 amide bonds. The fraction of sp³-hybridized carbons (Fsp3) is 0.292. The van der Waals surface area contributed by atoms with E-state index in [4.69, 9.17) is 9.47 Å². The molecule has 0 radical (unpaired) electrons. The van der Waals surface area contributed by atoms with Gasteiger partial charge in [-0.3, -0.25) is 9.36 Å². The largest absolute Gasteiger partial charge is 0.463 e. The number of benzene rings is 1. The van der Waals surface area contributed by atoms with Gasteiger partial charge in [-0.2, -0.15) is 0 Å². The molecule has 0 unspecified atom stereocenters. The summed E-state index contributed by atoms with van der Waals surface area (Å²) in [6.07, 6.45) is 7.87. The molecule has 5 rings (SSSR count). The maximum absolute atomic E-state index is 13.4. The summed E-state index contributed by atoms with van der Waals surface area (Å²) >= 11 is 0. The summed E-state index contributed by atoms with van der Waals surface area (Å²) in [5.74, 6) is 0.507. The van der Waals surface area contributed by atoms with Crippen molar-refractivity contribution in [2.75, 3.05) is 37.8 Å². The molecule has 0 atom stereocenters. The van der Waals surface area contributed by atoms with Crippen molar-refractivity contribution in [1.82, 2.24) is 19.5 Å². The maximum atomic E-state index is 13.4. The van der Waals surface area contributed by atoms with Crippen molar-refractivity contribution in [3.8, 4) is 17.1 Å². The van der Waals surface area contributed by atoms with Gasteiger partial charge in [0.2, 0.25) is 0 Å². The molecule has 1 aromatic carbocycles. The van der Waals surface area contributed by atoms with Gasteiger partial charge in [0.15, 0.2) is 11.6 Å². The Kier molecular flexibility index (Phi) is 5.47. The van der Waals surface area contributed by atoms with Crippen LogP contribution in [0.2, 0.25) is 0 Å². The van der Waals surface area contributed by atoms with Crippen LogP contribution in [0.1, 0.15) is 12.6 Å². The van der Waals surface area contributed by atoms with Crippen molar-refractivity contribution in [2.45, 2.75) is 6.92 Å². The highest BCUT2D eigenvalue weighted by atomic mass is 16.5. The zero-order valence-electron chi connectivity index (χ0n) is 18.2. The SMILES string of the molecule is CCOC(=O)/C=C/c1cn(-c2ccc(-c3ncccn3)cc2)c(=O)c(N2CC3(COC3)C2)n1. The highest BCUT2D eigenvalue weighted by Gasteiger charge is 2.50. The number of ether oxygens (including phenoxy) is 2. The van der Waals surface area contributed by atoms with E-state index in [-0.39, 0.29) is 17.6 Å². The highest BCUT2D eigenvalue weighted by molar-refractivity contribution is 5.86. The van der Waals surface area contributed by atoms with Crippen molar-refractivity contribution in [1.29, 1.82) is 0 Å². The van der Waals surface area contributed by atoms with Crippen LogP contribution in [0.4, 0.5) is 5.82 Å². The zero-order valence-corrected chi connectivity index (χ0v) is 18.2. The fourth-order valence-corrected chi connectivity index (χ4v) is 4.03. The predicted octanol–water partition coefficient (Wildman–Crippen LogP) is 2.10. The van der Waals surface area contributed by atoms with E-state index in [2.05, 4.69) is 15.0 Å². The predicted molar refractivity (Wildman–Crippen MR) is 122 cm³/mol. The van der Waals surface area contributed by atoms with Gasteiger partial charge in [-0.1, -0.05) is 0 Å². The minimum Gasteiger partial charge on any atom is -0.463 e. The number of aromatic nitrogens is 4. The molecule has 0 aliphatic carbocycles. The molecule has 9 heteroatoms. The molecular formula is C24H23N5O4. The molecule has 2 fully saturated rings. The minimum absolute atomic E-state index is 0.132. The topological polar surface area (TPSA) is 99.4 Å². The Morgan fingerprint density at radius 1 is 1.18 bits per heavy atom. The van der Waals surface area contributed by atoms with Gasteiger partial charge < -0.3 is 14.4 Å². The lowest BCUT2D eigenvalue weighted by molar-refractivity contribution is -0.137. The average Bonchev–Trinajstić information content (AvgIpc) is 2.78. The molecule has 0 N–H and O–H groups in total. The Balaban J connectivity index is 1.50. The molecule has 0 bridgehead atoms. The molecule has 168 valence electrons. The first-order valence-electron chi connectivity index (χ1n) is 10.8. The fourth-order valence-electron chi connectivity index (χ4n) is 4.03. The molecular weight excluding hydrogens is 422 g/mol. The highest BCUT2D eigenvalue weighted by Crippen LogP contribution is 2.38. The second-order valence-corrected chi connectivity index (χ2v) is 8.22.